The molecule has 2 unspecified atom stereocenters. The van der Waals surface area contributed by atoms with Gasteiger partial charge in [0.1, 0.15) is 5.82 Å². The first-order chi connectivity index (χ1) is 13.0. The molecule has 6 heteroatoms. The van der Waals surface area contributed by atoms with E-state index in [9.17, 15) is 14.0 Å². The van der Waals surface area contributed by atoms with Gasteiger partial charge < -0.3 is 10.2 Å². The van der Waals surface area contributed by atoms with Crippen molar-refractivity contribution in [2.24, 2.45) is 11.8 Å². The van der Waals surface area contributed by atoms with Gasteiger partial charge in [0.25, 0.3) is 0 Å². The molecular weight excluding hydrogens is 345 g/mol. The van der Waals surface area contributed by atoms with Crippen LogP contribution in [0.5, 0.6) is 0 Å². The standard InChI is InChI=1S/C21H24FN3O2/c1-14(2)21(27)25-12-18(15-6-5-7-16(22)10-15)19(13-25)20(26)24-11-17-8-3-4-9-23-17/h3-10,14,18-19H,11-13H2,1-2H3,(H,24,26). The summed E-state index contributed by atoms with van der Waals surface area (Å²) in [7, 11) is 0. The molecule has 1 fully saturated rings. The Kier molecular flexibility index (Phi) is 5.84. The molecule has 2 atom stereocenters. The van der Waals surface area contributed by atoms with E-state index in [1.807, 2.05) is 38.1 Å². The molecule has 0 radical (unpaired) electrons. The molecule has 1 aromatic heterocycles. The minimum Gasteiger partial charge on any atom is -0.350 e. The summed E-state index contributed by atoms with van der Waals surface area (Å²) < 4.78 is 13.7. The van der Waals surface area contributed by atoms with E-state index < -0.39 is 5.92 Å². The van der Waals surface area contributed by atoms with Crippen LogP contribution in [0.2, 0.25) is 0 Å². The van der Waals surface area contributed by atoms with Gasteiger partial charge in [-0.1, -0.05) is 32.0 Å². The van der Waals surface area contributed by atoms with Crippen LogP contribution in [0.1, 0.15) is 31.0 Å². The van der Waals surface area contributed by atoms with Gasteiger partial charge in [0, 0.05) is 31.1 Å². The average molecular weight is 369 g/mol. The molecule has 1 aliphatic heterocycles. The summed E-state index contributed by atoms with van der Waals surface area (Å²) in [5.41, 5.74) is 1.51. The Hall–Kier alpha value is -2.76. The summed E-state index contributed by atoms with van der Waals surface area (Å²) in [6.07, 6.45) is 1.68. The molecule has 1 aliphatic rings. The van der Waals surface area contributed by atoms with Crippen LogP contribution in [-0.4, -0.2) is 34.8 Å². The largest absolute Gasteiger partial charge is 0.350 e. The third kappa shape index (κ3) is 4.51. The molecule has 0 aliphatic carbocycles. The Morgan fingerprint density at radius 2 is 2.04 bits per heavy atom. The fraction of sp³-hybridized carbons (Fsp3) is 0.381. The molecule has 1 aromatic carbocycles. The molecule has 2 amide bonds. The minimum absolute atomic E-state index is 0.0106. The van der Waals surface area contributed by atoms with E-state index in [2.05, 4.69) is 10.3 Å². The van der Waals surface area contributed by atoms with Crippen LogP contribution in [0.25, 0.3) is 0 Å². The summed E-state index contributed by atoms with van der Waals surface area (Å²) in [5.74, 6) is -1.27. The first-order valence-electron chi connectivity index (χ1n) is 9.17. The molecule has 0 bridgehead atoms. The summed E-state index contributed by atoms with van der Waals surface area (Å²) in [4.78, 5) is 31.2. The van der Waals surface area contributed by atoms with Gasteiger partial charge >= 0.3 is 0 Å². The van der Waals surface area contributed by atoms with Crippen molar-refractivity contribution in [3.8, 4) is 0 Å². The molecule has 5 nitrogen and oxygen atoms in total. The lowest BCUT2D eigenvalue weighted by Gasteiger charge is -2.18. The number of carbonyl (C=O) groups is 2. The van der Waals surface area contributed by atoms with Gasteiger partial charge in [-0.3, -0.25) is 14.6 Å². The van der Waals surface area contributed by atoms with E-state index in [0.29, 0.717) is 19.6 Å². The maximum Gasteiger partial charge on any atom is 0.225 e. The Morgan fingerprint density at radius 1 is 1.22 bits per heavy atom. The molecule has 1 saturated heterocycles. The van der Waals surface area contributed by atoms with Crippen LogP contribution in [0, 0.1) is 17.7 Å². The van der Waals surface area contributed by atoms with Gasteiger partial charge in [-0.25, -0.2) is 4.39 Å². The Bertz CT molecular complexity index is 810. The zero-order valence-corrected chi connectivity index (χ0v) is 15.6. The van der Waals surface area contributed by atoms with Crippen molar-refractivity contribution in [1.29, 1.82) is 0 Å². The Labute approximate surface area is 158 Å². The number of likely N-dealkylation sites (tertiary alicyclic amines) is 1. The Balaban J connectivity index is 1.78. The summed E-state index contributed by atoms with van der Waals surface area (Å²) in [5, 5.41) is 2.91. The van der Waals surface area contributed by atoms with Crippen molar-refractivity contribution in [1.82, 2.24) is 15.2 Å². The van der Waals surface area contributed by atoms with E-state index in [1.54, 1.807) is 17.2 Å². The molecule has 1 N–H and O–H groups in total. The molecule has 142 valence electrons. The number of hydrogen-bond acceptors (Lipinski definition) is 3. The van der Waals surface area contributed by atoms with E-state index in [0.717, 1.165) is 11.3 Å². The topological polar surface area (TPSA) is 62.3 Å². The third-order valence-corrected chi connectivity index (χ3v) is 4.91. The molecule has 2 aromatic rings. The lowest BCUT2D eigenvalue weighted by atomic mass is 9.88. The first-order valence-corrected chi connectivity index (χ1v) is 9.17. The van der Waals surface area contributed by atoms with Crippen molar-refractivity contribution < 1.29 is 14.0 Å². The fourth-order valence-electron chi connectivity index (χ4n) is 3.50. The smallest absolute Gasteiger partial charge is 0.225 e. The number of pyridine rings is 1. The molecule has 27 heavy (non-hydrogen) atoms. The number of aromatic nitrogens is 1. The second-order valence-corrected chi connectivity index (χ2v) is 7.20. The van der Waals surface area contributed by atoms with Crippen molar-refractivity contribution in [3.05, 3.63) is 65.7 Å². The number of halogens is 1. The molecule has 3 rings (SSSR count). The quantitative estimate of drug-likeness (QED) is 0.882. The number of nitrogens with one attached hydrogen (secondary N) is 1. The maximum atomic E-state index is 13.7. The highest BCUT2D eigenvalue weighted by molar-refractivity contribution is 5.84. The lowest BCUT2D eigenvalue weighted by molar-refractivity contribution is -0.133. The zero-order chi connectivity index (χ0) is 19.4. The average Bonchev–Trinajstić information content (AvgIpc) is 3.11. The SMILES string of the molecule is CC(C)C(=O)N1CC(C(=O)NCc2ccccn2)C(c2cccc(F)c2)C1. The van der Waals surface area contributed by atoms with Gasteiger partial charge in [0.15, 0.2) is 0 Å². The zero-order valence-electron chi connectivity index (χ0n) is 15.6. The van der Waals surface area contributed by atoms with Gasteiger partial charge in [0.2, 0.25) is 11.8 Å². The van der Waals surface area contributed by atoms with Crippen LogP contribution in [0.4, 0.5) is 4.39 Å². The predicted octanol–water partition coefficient (Wildman–Crippen LogP) is 2.74. The van der Waals surface area contributed by atoms with Crippen molar-refractivity contribution in [3.63, 3.8) is 0 Å². The van der Waals surface area contributed by atoms with E-state index in [-0.39, 0.29) is 29.5 Å². The normalized spacial score (nSPS) is 19.3. The summed E-state index contributed by atoms with van der Waals surface area (Å²) in [6.45, 7) is 4.76. The van der Waals surface area contributed by atoms with Gasteiger partial charge in [-0.15, -0.1) is 0 Å². The van der Waals surface area contributed by atoms with Crippen molar-refractivity contribution >= 4 is 11.8 Å². The second kappa shape index (κ2) is 8.29. The monoisotopic (exact) mass is 369 g/mol. The maximum absolute atomic E-state index is 13.7. The number of carbonyl (C=O) groups excluding carboxylic acids is 2. The third-order valence-electron chi connectivity index (χ3n) is 4.91. The number of hydrogen-bond donors (Lipinski definition) is 1. The van der Waals surface area contributed by atoms with Crippen LogP contribution in [-0.2, 0) is 16.1 Å². The minimum atomic E-state index is -0.418. The molecular formula is C21H24FN3O2. The highest BCUT2D eigenvalue weighted by atomic mass is 19.1. The molecule has 0 spiro atoms. The van der Waals surface area contributed by atoms with Crippen LogP contribution in [0.3, 0.4) is 0 Å². The first kappa shape index (κ1) is 19.0. The van der Waals surface area contributed by atoms with Gasteiger partial charge in [-0.2, -0.15) is 0 Å². The van der Waals surface area contributed by atoms with E-state index >= 15 is 0 Å². The number of benzene rings is 1. The Morgan fingerprint density at radius 3 is 2.70 bits per heavy atom. The lowest BCUT2D eigenvalue weighted by Crippen LogP contribution is -2.36. The second-order valence-electron chi connectivity index (χ2n) is 7.20. The van der Waals surface area contributed by atoms with Crippen LogP contribution in [0.15, 0.2) is 48.7 Å². The van der Waals surface area contributed by atoms with Gasteiger partial charge in [-0.05, 0) is 29.8 Å². The van der Waals surface area contributed by atoms with E-state index in [1.165, 1.54) is 12.1 Å². The highest BCUT2D eigenvalue weighted by Gasteiger charge is 2.40. The molecule has 2 heterocycles. The fourth-order valence-corrected chi connectivity index (χ4v) is 3.50. The summed E-state index contributed by atoms with van der Waals surface area (Å²) in [6, 6.07) is 11.8. The van der Waals surface area contributed by atoms with E-state index in [4.69, 9.17) is 0 Å². The van der Waals surface area contributed by atoms with Crippen molar-refractivity contribution in [2.45, 2.75) is 26.3 Å². The number of amides is 2. The molecule has 0 saturated carbocycles. The predicted molar refractivity (Wildman–Crippen MR) is 100 cm³/mol. The highest BCUT2D eigenvalue weighted by Crippen LogP contribution is 2.34. The van der Waals surface area contributed by atoms with Gasteiger partial charge in [0.05, 0.1) is 18.2 Å². The van der Waals surface area contributed by atoms with Crippen LogP contribution >= 0.6 is 0 Å². The number of nitrogens with zero attached hydrogens (tertiary/aromatic N) is 2. The van der Waals surface area contributed by atoms with Crippen LogP contribution < -0.4 is 5.32 Å². The number of rotatable bonds is 5. The van der Waals surface area contributed by atoms with Crippen molar-refractivity contribution in [2.75, 3.05) is 13.1 Å². The summed E-state index contributed by atoms with van der Waals surface area (Å²) >= 11 is 0.